The number of rotatable bonds is 5. The number of hydrogen-bond donors (Lipinski definition) is 1. The molecule has 0 radical (unpaired) electrons. The zero-order valence-corrected chi connectivity index (χ0v) is 11.9. The first-order valence-corrected chi connectivity index (χ1v) is 7.38. The molecule has 1 aromatic heterocycles. The van der Waals surface area contributed by atoms with Gasteiger partial charge in [-0.25, -0.2) is 0 Å². The maximum absolute atomic E-state index is 6.55. The number of nitrogens with two attached hydrogens (primary N) is 1. The molecule has 0 atom stereocenters. The van der Waals surface area contributed by atoms with Crippen LogP contribution < -0.4 is 5.73 Å². The van der Waals surface area contributed by atoms with Crippen molar-refractivity contribution in [2.24, 2.45) is 18.7 Å². The molecule has 1 aliphatic rings. The summed E-state index contributed by atoms with van der Waals surface area (Å²) in [5, 5.41) is 4.23. The van der Waals surface area contributed by atoms with Crippen molar-refractivity contribution >= 4 is 0 Å². The zero-order valence-electron chi connectivity index (χ0n) is 11.9. The Balaban J connectivity index is 1.83. The summed E-state index contributed by atoms with van der Waals surface area (Å²) < 4.78 is 1.87. The highest BCUT2D eigenvalue weighted by Gasteiger charge is 2.31. The number of aromatic nitrogens is 2. The Kier molecular flexibility index (Phi) is 4.44. The van der Waals surface area contributed by atoms with Crippen molar-refractivity contribution < 1.29 is 0 Å². The molecule has 0 spiro atoms. The normalized spacial score (nSPS) is 28.5. The molecule has 1 saturated carbocycles. The highest BCUT2D eigenvalue weighted by molar-refractivity contribution is 5.10. The van der Waals surface area contributed by atoms with E-state index in [0.717, 1.165) is 12.3 Å². The molecule has 0 unspecified atom stereocenters. The van der Waals surface area contributed by atoms with E-state index in [0.29, 0.717) is 0 Å². The first kappa shape index (κ1) is 13.6. The van der Waals surface area contributed by atoms with Gasteiger partial charge < -0.3 is 5.73 Å². The summed E-state index contributed by atoms with van der Waals surface area (Å²) in [4.78, 5) is 0. The number of nitrogens with zero attached hydrogens (tertiary/aromatic N) is 2. The fourth-order valence-electron chi connectivity index (χ4n) is 3.18. The van der Waals surface area contributed by atoms with Crippen molar-refractivity contribution in [2.45, 2.75) is 63.8 Å². The SMILES string of the molecule is CCCCC1CCC(N)(Cc2cnn(C)c2)CC1. The van der Waals surface area contributed by atoms with Crippen molar-refractivity contribution in [3.63, 3.8) is 0 Å². The third-order valence-corrected chi connectivity index (χ3v) is 4.38. The van der Waals surface area contributed by atoms with E-state index in [1.807, 2.05) is 17.9 Å². The molecule has 0 amide bonds. The van der Waals surface area contributed by atoms with Gasteiger partial charge in [0, 0.05) is 18.8 Å². The zero-order chi connectivity index (χ0) is 13.0. The van der Waals surface area contributed by atoms with E-state index >= 15 is 0 Å². The molecule has 1 aromatic rings. The standard InChI is InChI=1S/C15H27N3/c1-3-4-5-13-6-8-15(16,9-7-13)10-14-11-17-18(2)12-14/h11-13H,3-10,16H2,1-2H3. The molecule has 102 valence electrons. The van der Waals surface area contributed by atoms with Crippen LogP contribution in [0.4, 0.5) is 0 Å². The van der Waals surface area contributed by atoms with Crippen LogP contribution in [-0.4, -0.2) is 15.3 Å². The molecule has 3 nitrogen and oxygen atoms in total. The van der Waals surface area contributed by atoms with E-state index in [-0.39, 0.29) is 5.54 Å². The van der Waals surface area contributed by atoms with Gasteiger partial charge in [-0.1, -0.05) is 26.2 Å². The number of hydrogen-bond acceptors (Lipinski definition) is 2. The van der Waals surface area contributed by atoms with Gasteiger partial charge in [0.15, 0.2) is 0 Å². The molecular formula is C15H27N3. The van der Waals surface area contributed by atoms with Crippen LogP contribution in [0.25, 0.3) is 0 Å². The minimum absolute atomic E-state index is 0.0196. The fraction of sp³-hybridized carbons (Fsp3) is 0.800. The first-order valence-electron chi connectivity index (χ1n) is 7.38. The Hall–Kier alpha value is -0.830. The Morgan fingerprint density at radius 1 is 1.44 bits per heavy atom. The predicted molar refractivity (Wildman–Crippen MR) is 75.3 cm³/mol. The smallest absolute Gasteiger partial charge is 0.0522 e. The number of unbranched alkanes of at least 4 members (excludes halogenated alkanes) is 1. The lowest BCUT2D eigenvalue weighted by Gasteiger charge is -2.37. The van der Waals surface area contributed by atoms with Gasteiger partial charge in [0.2, 0.25) is 0 Å². The highest BCUT2D eigenvalue weighted by Crippen LogP contribution is 2.35. The molecule has 2 rings (SSSR count). The van der Waals surface area contributed by atoms with Gasteiger partial charge in [0.1, 0.15) is 0 Å². The van der Waals surface area contributed by atoms with Gasteiger partial charge in [-0.2, -0.15) is 5.10 Å². The topological polar surface area (TPSA) is 43.8 Å². The van der Waals surface area contributed by atoms with Crippen LogP contribution in [0.3, 0.4) is 0 Å². The number of aryl methyl sites for hydroxylation is 1. The van der Waals surface area contributed by atoms with Gasteiger partial charge in [-0.15, -0.1) is 0 Å². The van der Waals surface area contributed by atoms with Crippen LogP contribution in [0, 0.1) is 5.92 Å². The third kappa shape index (κ3) is 3.58. The Labute approximate surface area is 111 Å². The first-order chi connectivity index (χ1) is 8.61. The largest absolute Gasteiger partial charge is 0.325 e. The molecule has 18 heavy (non-hydrogen) atoms. The van der Waals surface area contributed by atoms with E-state index in [2.05, 4.69) is 18.2 Å². The van der Waals surface area contributed by atoms with E-state index in [4.69, 9.17) is 5.73 Å². The van der Waals surface area contributed by atoms with Crippen LogP contribution in [0.1, 0.15) is 57.4 Å². The van der Waals surface area contributed by atoms with Gasteiger partial charge in [-0.05, 0) is 43.6 Å². The Morgan fingerprint density at radius 3 is 2.72 bits per heavy atom. The summed E-state index contributed by atoms with van der Waals surface area (Å²) in [7, 11) is 1.97. The second-order valence-corrected chi connectivity index (χ2v) is 6.15. The molecule has 1 fully saturated rings. The minimum Gasteiger partial charge on any atom is -0.325 e. The average molecular weight is 249 g/mol. The summed E-state index contributed by atoms with van der Waals surface area (Å²) in [5.74, 6) is 0.926. The second kappa shape index (κ2) is 5.87. The van der Waals surface area contributed by atoms with Crippen LogP contribution in [0.15, 0.2) is 12.4 Å². The van der Waals surface area contributed by atoms with E-state index in [1.165, 1.54) is 50.5 Å². The Morgan fingerprint density at radius 2 is 2.17 bits per heavy atom. The summed E-state index contributed by atoms with van der Waals surface area (Å²) in [5.41, 5.74) is 7.86. The van der Waals surface area contributed by atoms with Gasteiger partial charge in [0.05, 0.1) is 6.20 Å². The predicted octanol–water partition coefficient (Wildman–Crippen LogP) is 3.04. The van der Waals surface area contributed by atoms with Crippen molar-refractivity contribution in [1.82, 2.24) is 9.78 Å². The molecule has 0 aromatic carbocycles. The third-order valence-electron chi connectivity index (χ3n) is 4.38. The molecule has 1 aliphatic carbocycles. The molecule has 3 heteroatoms. The molecular weight excluding hydrogens is 222 g/mol. The van der Waals surface area contributed by atoms with E-state index < -0.39 is 0 Å². The molecule has 2 N–H and O–H groups in total. The van der Waals surface area contributed by atoms with Gasteiger partial charge >= 0.3 is 0 Å². The molecule has 0 bridgehead atoms. The maximum atomic E-state index is 6.55. The maximum Gasteiger partial charge on any atom is 0.0522 e. The van der Waals surface area contributed by atoms with Crippen molar-refractivity contribution in [3.8, 4) is 0 Å². The van der Waals surface area contributed by atoms with Gasteiger partial charge in [-0.3, -0.25) is 4.68 Å². The van der Waals surface area contributed by atoms with Crippen LogP contribution in [-0.2, 0) is 13.5 Å². The van der Waals surface area contributed by atoms with Crippen molar-refractivity contribution in [1.29, 1.82) is 0 Å². The van der Waals surface area contributed by atoms with Crippen LogP contribution in [0.5, 0.6) is 0 Å². The van der Waals surface area contributed by atoms with E-state index in [9.17, 15) is 0 Å². The van der Waals surface area contributed by atoms with E-state index in [1.54, 1.807) is 0 Å². The van der Waals surface area contributed by atoms with Crippen molar-refractivity contribution in [3.05, 3.63) is 18.0 Å². The van der Waals surface area contributed by atoms with Crippen molar-refractivity contribution in [2.75, 3.05) is 0 Å². The molecule has 1 heterocycles. The summed E-state index contributed by atoms with van der Waals surface area (Å²) in [6.07, 6.45) is 14.1. The lowest BCUT2D eigenvalue weighted by atomic mass is 9.73. The average Bonchev–Trinajstić information content (AvgIpc) is 2.74. The quantitative estimate of drug-likeness (QED) is 0.871. The molecule has 0 saturated heterocycles. The lowest BCUT2D eigenvalue weighted by Crippen LogP contribution is -2.45. The summed E-state index contributed by atoms with van der Waals surface area (Å²) in [6, 6.07) is 0. The highest BCUT2D eigenvalue weighted by atomic mass is 15.2. The minimum atomic E-state index is 0.0196. The second-order valence-electron chi connectivity index (χ2n) is 6.15. The summed E-state index contributed by atoms with van der Waals surface area (Å²) in [6.45, 7) is 2.28. The molecule has 0 aliphatic heterocycles. The van der Waals surface area contributed by atoms with Gasteiger partial charge in [0.25, 0.3) is 0 Å². The lowest BCUT2D eigenvalue weighted by molar-refractivity contribution is 0.221. The van der Waals surface area contributed by atoms with Crippen LogP contribution in [0.2, 0.25) is 0 Å². The van der Waals surface area contributed by atoms with Crippen LogP contribution >= 0.6 is 0 Å². The monoisotopic (exact) mass is 249 g/mol. The summed E-state index contributed by atoms with van der Waals surface area (Å²) >= 11 is 0. The Bertz CT molecular complexity index is 362. The fourth-order valence-corrected chi connectivity index (χ4v) is 3.18.